The quantitative estimate of drug-likeness (QED) is 0.363. The van der Waals surface area contributed by atoms with Crippen molar-refractivity contribution < 1.29 is 14.6 Å². The van der Waals surface area contributed by atoms with Gasteiger partial charge in [-0.2, -0.15) is 0 Å². The van der Waals surface area contributed by atoms with Crippen molar-refractivity contribution in [2.75, 3.05) is 22.9 Å². The number of ether oxygens (including phenoxy) is 1. The van der Waals surface area contributed by atoms with Crippen molar-refractivity contribution in [2.45, 2.75) is 70.1 Å². The Morgan fingerprint density at radius 3 is 2.41 bits per heavy atom. The number of aliphatic hydroxyl groups is 1. The Balaban J connectivity index is 1.06. The summed E-state index contributed by atoms with van der Waals surface area (Å²) in [5.74, 6) is 2.20. The second-order valence-corrected chi connectivity index (χ2v) is 12.7. The van der Waals surface area contributed by atoms with E-state index in [4.69, 9.17) is 4.74 Å². The Morgan fingerprint density at radius 2 is 1.76 bits per heavy atom. The number of nitrogens with zero attached hydrogens (tertiary/aromatic N) is 3. The van der Waals surface area contributed by atoms with Crippen LogP contribution in [0.4, 0.5) is 21.9 Å². The normalized spacial score (nSPS) is 28.8. The summed E-state index contributed by atoms with van der Waals surface area (Å²) in [6.07, 6.45) is 7.80. The summed E-state index contributed by atoms with van der Waals surface area (Å²) in [6, 6.07) is 20.8. The predicted molar refractivity (Wildman–Crippen MR) is 162 cm³/mol. The molecule has 6 atom stereocenters. The lowest BCUT2D eigenvalue weighted by molar-refractivity contribution is -0.136. The molecule has 0 saturated heterocycles. The maximum atomic E-state index is 13.7. The van der Waals surface area contributed by atoms with E-state index in [1.807, 2.05) is 35.2 Å². The molecule has 0 spiro atoms. The fraction of sp³-hybridized carbons (Fsp3) is 0.471. The minimum Gasteiger partial charge on any atom is -0.489 e. The first-order valence-electron chi connectivity index (χ1n) is 15.3. The van der Waals surface area contributed by atoms with Crippen LogP contribution < -0.4 is 19.9 Å². The van der Waals surface area contributed by atoms with E-state index >= 15 is 0 Å². The summed E-state index contributed by atoms with van der Waals surface area (Å²) in [5, 5.41) is 14.4. The fourth-order valence-corrected chi connectivity index (χ4v) is 8.03. The van der Waals surface area contributed by atoms with Gasteiger partial charge < -0.3 is 20.1 Å². The minimum absolute atomic E-state index is 0.0104. The second-order valence-electron chi connectivity index (χ2n) is 12.7. The third kappa shape index (κ3) is 4.94. The molecular weight excluding hydrogens is 512 g/mol. The van der Waals surface area contributed by atoms with Crippen molar-refractivity contribution in [2.24, 2.45) is 17.8 Å². The number of hydrogen-bond acceptors (Lipinski definition) is 5. The monoisotopic (exact) mass is 552 g/mol. The van der Waals surface area contributed by atoms with Crippen LogP contribution in [0.2, 0.25) is 0 Å². The highest BCUT2D eigenvalue weighted by Gasteiger charge is 2.55. The summed E-state index contributed by atoms with van der Waals surface area (Å²) >= 11 is 0. The van der Waals surface area contributed by atoms with Crippen molar-refractivity contribution in [1.29, 1.82) is 0 Å². The Morgan fingerprint density at radius 1 is 1.02 bits per heavy atom. The standard InChI is InChI=1S/C34H40N4O3/c1-3-22(2)41-28-12-13-29(35-21-28)24-8-10-27(11-9-24)37-14-15-38(31-7-5-4-6-30(31)37)33(39)36-32-25-16-23-17-26(32)20-34(40,18-23)19-25/h4-13,21-23,25-26,32,40H,3,14-20H2,1-2H3,(H,36,39)/t22?,23?,25-,26+,32?,34?. The lowest BCUT2D eigenvalue weighted by Crippen LogP contribution is -2.63. The number of urea groups is 1. The maximum Gasteiger partial charge on any atom is 0.322 e. The number of anilines is 3. The number of nitrogens with one attached hydrogen (secondary N) is 1. The highest BCUT2D eigenvalue weighted by molar-refractivity contribution is 5.98. The van der Waals surface area contributed by atoms with Gasteiger partial charge in [0, 0.05) is 30.4 Å². The Kier molecular flexibility index (Phi) is 6.65. The number of fused-ring (bicyclic) bond motifs is 1. The number of benzene rings is 2. The van der Waals surface area contributed by atoms with Gasteiger partial charge in [0.2, 0.25) is 0 Å². The van der Waals surface area contributed by atoms with Gasteiger partial charge in [-0.15, -0.1) is 0 Å². The molecule has 214 valence electrons. The zero-order valence-electron chi connectivity index (χ0n) is 24.0. The molecule has 4 bridgehead atoms. The van der Waals surface area contributed by atoms with Crippen LogP contribution in [-0.2, 0) is 0 Å². The minimum atomic E-state index is -0.493. The zero-order chi connectivity index (χ0) is 28.1. The molecule has 4 fully saturated rings. The fourth-order valence-electron chi connectivity index (χ4n) is 8.03. The van der Waals surface area contributed by atoms with Gasteiger partial charge >= 0.3 is 6.03 Å². The van der Waals surface area contributed by atoms with Gasteiger partial charge in [0.15, 0.2) is 0 Å². The first kappa shape index (κ1) is 26.3. The van der Waals surface area contributed by atoms with E-state index < -0.39 is 5.60 Å². The maximum absolute atomic E-state index is 13.7. The van der Waals surface area contributed by atoms with E-state index in [0.29, 0.717) is 30.8 Å². The number of amides is 2. The lowest BCUT2D eigenvalue weighted by atomic mass is 9.52. The third-order valence-corrected chi connectivity index (χ3v) is 9.91. The number of hydrogen-bond donors (Lipinski definition) is 2. The van der Waals surface area contributed by atoms with Crippen LogP contribution in [0.1, 0.15) is 52.4 Å². The van der Waals surface area contributed by atoms with E-state index in [9.17, 15) is 9.90 Å². The molecule has 41 heavy (non-hydrogen) atoms. The third-order valence-electron chi connectivity index (χ3n) is 9.91. The van der Waals surface area contributed by atoms with Crippen molar-refractivity contribution in [3.8, 4) is 17.0 Å². The average molecular weight is 553 g/mol. The number of pyridine rings is 1. The van der Waals surface area contributed by atoms with Crippen LogP contribution in [0.3, 0.4) is 0 Å². The number of carbonyl (C=O) groups excluding carboxylic acids is 1. The molecule has 2 N–H and O–H groups in total. The second kappa shape index (κ2) is 10.4. The molecule has 2 aromatic carbocycles. The molecule has 7 heteroatoms. The highest BCUT2D eigenvalue weighted by atomic mass is 16.5. The average Bonchev–Trinajstić information content (AvgIpc) is 2.98. The summed E-state index contributed by atoms with van der Waals surface area (Å²) in [4.78, 5) is 22.5. The van der Waals surface area contributed by atoms with Gasteiger partial charge in [0.05, 0.1) is 35.0 Å². The zero-order valence-corrected chi connectivity index (χ0v) is 24.0. The number of rotatable bonds is 6. The molecule has 2 amide bonds. The Bertz CT molecular complexity index is 1390. The van der Waals surface area contributed by atoms with Gasteiger partial charge in [-0.05, 0) is 99.6 Å². The summed E-state index contributed by atoms with van der Waals surface area (Å²) in [6.45, 7) is 5.49. The van der Waals surface area contributed by atoms with Gasteiger partial charge in [-0.1, -0.05) is 31.2 Å². The topological polar surface area (TPSA) is 77.9 Å². The van der Waals surface area contributed by atoms with Crippen LogP contribution in [0, 0.1) is 17.8 Å². The molecule has 4 unspecified atom stereocenters. The molecule has 8 rings (SSSR count). The van der Waals surface area contributed by atoms with Crippen molar-refractivity contribution in [3.63, 3.8) is 0 Å². The van der Waals surface area contributed by atoms with Gasteiger partial charge in [0.25, 0.3) is 0 Å². The molecule has 4 aliphatic carbocycles. The SMILES string of the molecule is CCC(C)Oc1ccc(-c2ccc(N3CCN(C(=O)NC4[C@@H]5CC6C[C@H]4CC(O)(C6)C5)c4ccccc43)cc2)nc1. The largest absolute Gasteiger partial charge is 0.489 e. The van der Waals surface area contributed by atoms with E-state index in [1.165, 1.54) is 0 Å². The lowest BCUT2D eigenvalue weighted by Gasteiger charge is -2.58. The highest BCUT2D eigenvalue weighted by Crippen LogP contribution is 2.55. The molecule has 1 aromatic heterocycles. The van der Waals surface area contributed by atoms with E-state index in [2.05, 4.69) is 59.4 Å². The van der Waals surface area contributed by atoms with Crippen LogP contribution in [0.25, 0.3) is 11.3 Å². The van der Waals surface area contributed by atoms with E-state index in [0.717, 1.165) is 72.6 Å². The Labute approximate surface area is 242 Å². The van der Waals surface area contributed by atoms with Crippen LogP contribution in [0.15, 0.2) is 66.9 Å². The van der Waals surface area contributed by atoms with Gasteiger partial charge in [0.1, 0.15) is 5.75 Å². The van der Waals surface area contributed by atoms with Crippen LogP contribution in [-0.4, -0.2) is 47.0 Å². The van der Waals surface area contributed by atoms with Gasteiger partial charge in [-0.25, -0.2) is 4.79 Å². The number of aromatic nitrogens is 1. The van der Waals surface area contributed by atoms with Gasteiger partial charge in [-0.3, -0.25) is 9.88 Å². The first-order chi connectivity index (χ1) is 19.9. The van der Waals surface area contributed by atoms with Crippen molar-refractivity contribution in [3.05, 3.63) is 66.9 Å². The van der Waals surface area contributed by atoms with Crippen LogP contribution in [0.5, 0.6) is 5.75 Å². The molecular formula is C34H40N4O3. The number of carbonyl (C=O) groups is 1. The first-order valence-corrected chi connectivity index (χ1v) is 15.3. The smallest absolute Gasteiger partial charge is 0.322 e. The predicted octanol–water partition coefficient (Wildman–Crippen LogP) is 6.53. The molecule has 5 aliphatic rings. The summed E-state index contributed by atoms with van der Waals surface area (Å²) in [5.41, 5.74) is 4.52. The van der Waals surface area contributed by atoms with E-state index in [1.54, 1.807) is 6.20 Å². The summed E-state index contributed by atoms with van der Waals surface area (Å²) < 4.78 is 5.87. The molecule has 7 nitrogen and oxygen atoms in total. The molecule has 3 aromatic rings. The number of para-hydroxylation sites is 2. The molecule has 1 aliphatic heterocycles. The van der Waals surface area contributed by atoms with E-state index in [-0.39, 0.29) is 18.2 Å². The van der Waals surface area contributed by atoms with Crippen molar-refractivity contribution in [1.82, 2.24) is 10.3 Å². The molecule has 0 radical (unpaired) electrons. The molecule has 4 saturated carbocycles. The van der Waals surface area contributed by atoms with Crippen LogP contribution >= 0.6 is 0 Å². The Hall–Kier alpha value is -3.58. The van der Waals surface area contributed by atoms with Crippen molar-refractivity contribution >= 4 is 23.1 Å². The summed E-state index contributed by atoms with van der Waals surface area (Å²) in [7, 11) is 0. The molecule has 2 heterocycles.